The van der Waals surface area contributed by atoms with Gasteiger partial charge in [-0.05, 0) is 12.1 Å². The van der Waals surface area contributed by atoms with Crippen LogP contribution in [0, 0.1) is 0 Å². The van der Waals surface area contributed by atoms with Crippen LogP contribution in [-0.4, -0.2) is 34.4 Å². The smallest absolute Gasteiger partial charge is 0.327 e. The second kappa shape index (κ2) is 4.93. The third-order valence-electron chi connectivity index (χ3n) is 3.25. The third-order valence-corrected chi connectivity index (χ3v) is 3.25. The predicted molar refractivity (Wildman–Crippen MR) is 75.5 cm³/mol. The molecule has 0 spiro atoms. The summed E-state index contributed by atoms with van der Waals surface area (Å²) >= 11 is 0. The summed E-state index contributed by atoms with van der Waals surface area (Å²) in [4.78, 5) is 23.8. The maximum atomic E-state index is 12.4. The number of esters is 1. The number of nitrogens with zero attached hydrogens (tertiary/aromatic N) is 3. The number of carbonyl (C=O) groups is 1. The number of hydrogen-bond acceptors (Lipinski definition) is 5. The Hall–Kier alpha value is -2.83. The van der Waals surface area contributed by atoms with Gasteiger partial charge in [-0.15, -0.1) is 5.10 Å². The van der Waals surface area contributed by atoms with Gasteiger partial charge >= 0.3 is 12.0 Å². The maximum absolute atomic E-state index is 12.4. The van der Waals surface area contributed by atoms with Crippen molar-refractivity contribution in [1.82, 2.24) is 14.2 Å². The zero-order chi connectivity index (χ0) is 15.0. The molecule has 3 rings (SSSR count). The number of rotatable bonds is 3. The maximum Gasteiger partial charge on any atom is 0.327 e. The molecule has 0 aliphatic heterocycles. The number of fused-ring (bicyclic) bond motifs is 3. The highest BCUT2D eigenvalue weighted by Gasteiger charge is 2.16. The van der Waals surface area contributed by atoms with Gasteiger partial charge in [0, 0.05) is 5.39 Å². The second-order valence-electron chi connectivity index (χ2n) is 4.45. The van der Waals surface area contributed by atoms with Gasteiger partial charge in [-0.2, -0.15) is 0 Å². The van der Waals surface area contributed by atoms with Gasteiger partial charge < -0.3 is 9.47 Å². The first-order chi connectivity index (χ1) is 10.2. The molecule has 3 aromatic rings. The van der Waals surface area contributed by atoms with E-state index in [-0.39, 0.29) is 18.1 Å². The first kappa shape index (κ1) is 13.2. The van der Waals surface area contributed by atoms with Crippen LogP contribution < -0.4 is 10.3 Å². The van der Waals surface area contributed by atoms with Gasteiger partial charge in [0.05, 0.1) is 19.7 Å². The molecule has 0 fully saturated rings. The summed E-state index contributed by atoms with van der Waals surface area (Å²) in [6.07, 6.45) is 0. The van der Waals surface area contributed by atoms with Crippen LogP contribution in [0.3, 0.4) is 0 Å². The van der Waals surface area contributed by atoms with Crippen LogP contribution in [0.25, 0.3) is 16.4 Å². The summed E-state index contributed by atoms with van der Waals surface area (Å²) in [5.41, 5.74) is 0.837. The minimum atomic E-state index is -0.549. The van der Waals surface area contributed by atoms with Crippen molar-refractivity contribution in [3.8, 4) is 6.01 Å². The highest BCUT2D eigenvalue weighted by atomic mass is 16.5. The summed E-state index contributed by atoms with van der Waals surface area (Å²) in [7, 11) is 2.72. The number of carbonyl (C=O) groups excluding carboxylic acids is 1. The summed E-state index contributed by atoms with van der Waals surface area (Å²) in [6, 6.07) is 9.50. The van der Waals surface area contributed by atoms with E-state index in [1.807, 2.05) is 24.3 Å². The lowest BCUT2D eigenvalue weighted by atomic mass is 10.2. The zero-order valence-electron chi connectivity index (χ0n) is 11.6. The molecule has 0 radical (unpaired) electrons. The Bertz CT molecular complexity index is 894. The molecule has 0 unspecified atom stereocenters. The van der Waals surface area contributed by atoms with Gasteiger partial charge in [-0.25, -0.2) is 4.68 Å². The molecule has 0 saturated carbocycles. The molecule has 7 nitrogen and oxygen atoms in total. The van der Waals surface area contributed by atoms with Crippen LogP contribution in [0.5, 0.6) is 6.01 Å². The Morgan fingerprint density at radius 2 is 2.00 bits per heavy atom. The van der Waals surface area contributed by atoms with E-state index in [9.17, 15) is 9.59 Å². The van der Waals surface area contributed by atoms with Crippen LogP contribution in [0.15, 0.2) is 35.1 Å². The molecule has 2 heterocycles. The highest BCUT2D eigenvalue weighted by Crippen LogP contribution is 2.21. The average Bonchev–Trinajstić information content (AvgIpc) is 2.90. The van der Waals surface area contributed by atoms with Crippen molar-refractivity contribution >= 4 is 22.4 Å². The van der Waals surface area contributed by atoms with Gasteiger partial charge in [0.2, 0.25) is 0 Å². The van der Waals surface area contributed by atoms with Crippen LogP contribution >= 0.6 is 0 Å². The quantitative estimate of drug-likeness (QED) is 0.667. The Kier molecular flexibility index (Phi) is 3.09. The molecule has 0 bridgehead atoms. The normalized spacial score (nSPS) is 11.0. The molecule has 0 N–H and O–H groups in total. The first-order valence-corrected chi connectivity index (χ1v) is 6.28. The summed E-state index contributed by atoms with van der Waals surface area (Å²) in [6.45, 7) is -0.260. The van der Waals surface area contributed by atoms with E-state index in [2.05, 4.69) is 9.84 Å². The van der Waals surface area contributed by atoms with Crippen molar-refractivity contribution in [2.75, 3.05) is 14.2 Å². The summed E-state index contributed by atoms with van der Waals surface area (Å²) in [5.74, 6) is -0.549. The van der Waals surface area contributed by atoms with E-state index in [1.54, 1.807) is 10.5 Å². The minimum absolute atomic E-state index is 0.231. The fourth-order valence-corrected chi connectivity index (χ4v) is 2.27. The molecule has 0 atom stereocenters. The van der Waals surface area contributed by atoms with E-state index in [1.165, 1.54) is 14.2 Å². The van der Waals surface area contributed by atoms with E-state index >= 15 is 0 Å². The minimum Gasteiger partial charge on any atom is -0.468 e. The van der Waals surface area contributed by atoms with Crippen LogP contribution in [-0.2, 0) is 16.1 Å². The SMILES string of the molecule is COC(=O)Cn1nc(OC)n2c(cc3ccccc32)c1=O. The number of aromatic nitrogens is 3. The van der Waals surface area contributed by atoms with Crippen LogP contribution in [0.2, 0.25) is 0 Å². The number of benzene rings is 1. The van der Waals surface area contributed by atoms with Crippen molar-refractivity contribution in [3.05, 3.63) is 40.7 Å². The molecular weight excluding hydrogens is 274 g/mol. The average molecular weight is 287 g/mol. The number of methoxy groups -OCH3 is 2. The van der Waals surface area contributed by atoms with Gasteiger partial charge in [-0.1, -0.05) is 18.2 Å². The topological polar surface area (TPSA) is 74.8 Å². The molecule has 108 valence electrons. The van der Waals surface area contributed by atoms with Gasteiger partial charge in [0.1, 0.15) is 12.1 Å². The Morgan fingerprint density at radius 3 is 2.71 bits per heavy atom. The lowest BCUT2D eigenvalue weighted by molar-refractivity contribution is -0.141. The predicted octanol–water partition coefficient (Wildman–Crippen LogP) is 0.831. The summed E-state index contributed by atoms with van der Waals surface area (Å²) in [5, 5.41) is 4.97. The second-order valence-corrected chi connectivity index (χ2v) is 4.45. The molecule has 0 aliphatic carbocycles. The Balaban J connectivity index is 2.35. The molecule has 0 saturated heterocycles. The van der Waals surface area contributed by atoms with Crippen LogP contribution in [0.4, 0.5) is 0 Å². The Morgan fingerprint density at radius 1 is 1.24 bits per heavy atom. The van der Waals surface area contributed by atoms with Crippen molar-refractivity contribution in [1.29, 1.82) is 0 Å². The van der Waals surface area contributed by atoms with Gasteiger partial charge in [-0.3, -0.25) is 14.0 Å². The zero-order valence-corrected chi connectivity index (χ0v) is 11.6. The molecule has 0 aliphatic rings. The number of hydrogen-bond donors (Lipinski definition) is 0. The lowest BCUT2D eigenvalue weighted by Gasteiger charge is -2.08. The van der Waals surface area contributed by atoms with Gasteiger partial charge in [0.15, 0.2) is 0 Å². The van der Waals surface area contributed by atoms with E-state index in [4.69, 9.17) is 4.74 Å². The standard InChI is InChI=1S/C14H13N3O4/c1-20-12(18)8-16-13(19)11-7-9-5-3-4-6-10(9)17(11)14(15-16)21-2/h3-7H,8H2,1-2H3. The Labute approximate surface area is 119 Å². The third kappa shape index (κ3) is 2.03. The molecular formula is C14H13N3O4. The largest absolute Gasteiger partial charge is 0.468 e. The van der Waals surface area contributed by atoms with E-state index in [0.29, 0.717) is 5.52 Å². The molecule has 7 heteroatoms. The molecule has 21 heavy (non-hydrogen) atoms. The fraction of sp³-hybridized carbons (Fsp3) is 0.214. The fourth-order valence-electron chi connectivity index (χ4n) is 2.27. The lowest BCUT2D eigenvalue weighted by Crippen LogP contribution is -2.29. The van der Waals surface area contributed by atoms with E-state index in [0.717, 1.165) is 15.6 Å². The number of ether oxygens (including phenoxy) is 2. The number of para-hydroxylation sites is 1. The van der Waals surface area contributed by atoms with Crippen molar-refractivity contribution in [3.63, 3.8) is 0 Å². The monoisotopic (exact) mass is 287 g/mol. The van der Waals surface area contributed by atoms with Crippen molar-refractivity contribution < 1.29 is 14.3 Å². The highest BCUT2D eigenvalue weighted by molar-refractivity contribution is 5.87. The first-order valence-electron chi connectivity index (χ1n) is 6.28. The van der Waals surface area contributed by atoms with Crippen LogP contribution in [0.1, 0.15) is 0 Å². The summed E-state index contributed by atoms with van der Waals surface area (Å²) < 4.78 is 12.5. The molecule has 1 aromatic carbocycles. The van der Waals surface area contributed by atoms with Gasteiger partial charge in [0.25, 0.3) is 5.56 Å². The van der Waals surface area contributed by atoms with Crippen molar-refractivity contribution in [2.24, 2.45) is 0 Å². The molecule has 0 amide bonds. The molecule has 2 aromatic heterocycles. The van der Waals surface area contributed by atoms with E-state index < -0.39 is 5.97 Å². The van der Waals surface area contributed by atoms with Crippen molar-refractivity contribution in [2.45, 2.75) is 6.54 Å².